The van der Waals surface area contributed by atoms with Crippen molar-refractivity contribution in [3.63, 3.8) is 0 Å². The third-order valence-corrected chi connectivity index (χ3v) is 3.94. The van der Waals surface area contributed by atoms with E-state index in [9.17, 15) is 14.0 Å². The molecular formula is C17H23FN2O2. The van der Waals surface area contributed by atoms with Crippen LogP contribution in [0.3, 0.4) is 0 Å². The summed E-state index contributed by atoms with van der Waals surface area (Å²) in [6.07, 6.45) is 3.06. The van der Waals surface area contributed by atoms with E-state index in [1.807, 2.05) is 0 Å². The number of unbranched alkanes of at least 4 members (excludes halogenated alkanes) is 1. The van der Waals surface area contributed by atoms with Crippen molar-refractivity contribution in [3.05, 3.63) is 35.6 Å². The highest BCUT2D eigenvalue weighted by molar-refractivity contribution is 5.92. The highest BCUT2D eigenvalue weighted by Gasteiger charge is 2.47. The molecule has 2 rings (SSSR count). The van der Waals surface area contributed by atoms with E-state index in [1.165, 1.54) is 6.07 Å². The second-order valence-corrected chi connectivity index (χ2v) is 5.73. The lowest BCUT2D eigenvalue weighted by molar-refractivity contribution is -0.127. The first-order chi connectivity index (χ1) is 10.6. The number of halogens is 1. The van der Waals surface area contributed by atoms with Crippen molar-refractivity contribution >= 4 is 11.8 Å². The largest absolute Gasteiger partial charge is 0.356 e. The molecule has 2 amide bonds. The van der Waals surface area contributed by atoms with Crippen LogP contribution in [-0.4, -0.2) is 24.9 Å². The Morgan fingerprint density at radius 2 is 1.77 bits per heavy atom. The predicted molar refractivity (Wildman–Crippen MR) is 82.6 cm³/mol. The zero-order valence-electron chi connectivity index (χ0n) is 12.9. The number of rotatable bonds is 8. The second kappa shape index (κ2) is 7.92. The van der Waals surface area contributed by atoms with Crippen molar-refractivity contribution in [2.24, 2.45) is 11.8 Å². The van der Waals surface area contributed by atoms with Crippen molar-refractivity contribution in [2.75, 3.05) is 13.1 Å². The standard InChI is InChI=1S/C17H23FN2O2/c1-2-3-9-19-16(21)13-11-14(13)17(22)20-10-8-12-6-4-5-7-15(12)18/h4-7,13-14H,2-3,8-11H2,1H3,(H,19,21)(H,20,22). The van der Waals surface area contributed by atoms with Crippen molar-refractivity contribution < 1.29 is 14.0 Å². The Morgan fingerprint density at radius 3 is 2.41 bits per heavy atom. The average Bonchev–Trinajstić information content (AvgIpc) is 3.30. The minimum Gasteiger partial charge on any atom is -0.356 e. The Morgan fingerprint density at radius 1 is 1.14 bits per heavy atom. The summed E-state index contributed by atoms with van der Waals surface area (Å²) in [6.45, 7) is 3.13. The van der Waals surface area contributed by atoms with E-state index in [0.717, 1.165) is 12.8 Å². The van der Waals surface area contributed by atoms with Gasteiger partial charge in [0.25, 0.3) is 0 Å². The number of benzene rings is 1. The molecule has 1 aliphatic carbocycles. The third kappa shape index (κ3) is 4.55. The predicted octanol–water partition coefficient (Wildman–Crippen LogP) is 2.04. The van der Waals surface area contributed by atoms with Gasteiger partial charge in [-0.2, -0.15) is 0 Å². The van der Waals surface area contributed by atoms with Crippen LogP contribution in [0.1, 0.15) is 31.7 Å². The Kier molecular flexibility index (Phi) is 5.92. The van der Waals surface area contributed by atoms with Crippen LogP contribution >= 0.6 is 0 Å². The molecule has 0 aromatic heterocycles. The molecule has 0 heterocycles. The van der Waals surface area contributed by atoms with Crippen molar-refractivity contribution in [1.29, 1.82) is 0 Å². The van der Waals surface area contributed by atoms with Crippen LogP contribution in [-0.2, 0) is 16.0 Å². The van der Waals surface area contributed by atoms with Gasteiger partial charge in [0.1, 0.15) is 5.82 Å². The summed E-state index contributed by atoms with van der Waals surface area (Å²) in [7, 11) is 0. The highest BCUT2D eigenvalue weighted by atomic mass is 19.1. The first kappa shape index (κ1) is 16.5. The van der Waals surface area contributed by atoms with Crippen LogP contribution < -0.4 is 10.6 Å². The van der Waals surface area contributed by atoms with Gasteiger partial charge in [-0.05, 0) is 30.9 Å². The molecule has 2 N–H and O–H groups in total. The van der Waals surface area contributed by atoms with Gasteiger partial charge in [-0.1, -0.05) is 31.5 Å². The lowest BCUT2D eigenvalue weighted by Crippen LogP contribution is -2.31. The number of hydrogen-bond acceptors (Lipinski definition) is 2. The lowest BCUT2D eigenvalue weighted by atomic mass is 10.1. The molecule has 2 unspecified atom stereocenters. The molecule has 0 aliphatic heterocycles. The van der Waals surface area contributed by atoms with E-state index in [0.29, 0.717) is 31.5 Å². The van der Waals surface area contributed by atoms with E-state index in [2.05, 4.69) is 17.6 Å². The van der Waals surface area contributed by atoms with Gasteiger partial charge in [0.15, 0.2) is 0 Å². The summed E-state index contributed by atoms with van der Waals surface area (Å²) in [4.78, 5) is 23.7. The van der Waals surface area contributed by atoms with Crippen LogP contribution in [0.2, 0.25) is 0 Å². The molecule has 1 aromatic rings. The molecule has 1 fully saturated rings. The number of amides is 2. The smallest absolute Gasteiger partial charge is 0.223 e. The zero-order chi connectivity index (χ0) is 15.9. The van der Waals surface area contributed by atoms with Gasteiger partial charge >= 0.3 is 0 Å². The molecule has 1 aliphatic rings. The molecule has 1 aromatic carbocycles. The SMILES string of the molecule is CCCCNC(=O)C1CC1C(=O)NCCc1ccccc1F. The Hall–Kier alpha value is -1.91. The number of hydrogen-bond donors (Lipinski definition) is 2. The van der Waals surface area contributed by atoms with Gasteiger partial charge in [0, 0.05) is 13.1 Å². The lowest BCUT2D eigenvalue weighted by Gasteiger charge is -2.06. The summed E-state index contributed by atoms with van der Waals surface area (Å²) in [5.74, 6) is -0.793. The Labute approximate surface area is 130 Å². The monoisotopic (exact) mass is 306 g/mol. The summed E-state index contributed by atoms with van der Waals surface area (Å²) in [6, 6.07) is 6.54. The fourth-order valence-corrected chi connectivity index (χ4v) is 2.45. The molecule has 120 valence electrons. The minimum absolute atomic E-state index is 0.0253. The Balaban J connectivity index is 1.67. The second-order valence-electron chi connectivity index (χ2n) is 5.73. The van der Waals surface area contributed by atoms with E-state index in [4.69, 9.17) is 0 Å². The van der Waals surface area contributed by atoms with Gasteiger partial charge in [-0.15, -0.1) is 0 Å². The van der Waals surface area contributed by atoms with E-state index < -0.39 is 0 Å². The highest BCUT2D eigenvalue weighted by Crippen LogP contribution is 2.38. The molecule has 0 saturated heterocycles. The van der Waals surface area contributed by atoms with Crippen LogP contribution in [0.5, 0.6) is 0 Å². The van der Waals surface area contributed by atoms with Crippen molar-refractivity contribution in [1.82, 2.24) is 10.6 Å². The van der Waals surface area contributed by atoms with E-state index in [-0.39, 0.29) is 29.5 Å². The van der Waals surface area contributed by atoms with Gasteiger partial charge in [-0.25, -0.2) is 4.39 Å². The molecule has 5 heteroatoms. The molecular weight excluding hydrogens is 283 g/mol. The van der Waals surface area contributed by atoms with E-state index in [1.54, 1.807) is 18.2 Å². The zero-order valence-corrected chi connectivity index (χ0v) is 12.9. The first-order valence-corrected chi connectivity index (χ1v) is 7.92. The summed E-state index contributed by atoms with van der Waals surface area (Å²) in [5, 5.41) is 5.64. The van der Waals surface area contributed by atoms with Gasteiger partial charge in [0.05, 0.1) is 11.8 Å². The summed E-state index contributed by atoms with van der Waals surface area (Å²) < 4.78 is 13.4. The van der Waals surface area contributed by atoms with E-state index >= 15 is 0 Å². The fourth-order valence-electron chi connectivity index (χ4n) is 2.45. The molecule has 22 heavy (non-hydrogen) atoms. The molecule has 0 spiro atoms. The fraction of sp³-hybridized carbons (Fsp3) is 0.529. The maximum Gasteiger partial charge on any atom is 0.223 e. The summed E-state index contributed by atoms with van der Waals surface area (Å²) >= 11 is 0. The van der Waals surface area contributed by atoms with Crippen LogP contribution in [0.15, 0.2) is 24.3 Å². The van der Waals surface area contributed by atoms with Gasteiger partial charge < -0.3 is 10.6 Å². The first-order valence-electron chi connectivity index (χ1n) is 7.92. The average molecular weight is 306 g/mol. The maximum absolute atomic E-state index is 13.4. The van der Waals surface area contributed by atoms with Crippen LogP contribution in [0.4, 0.5) is 4.39 Å². The number of carbonyl (C=O) groups is 2. The molecule has 1 saturated carbocycles. The topological polar surface area (TPSA) is 58.2 Å². The van der Waals surface area contributed by atoms with Crippen molar-refractivity contribution in [3.8, 4) is 0 Å². The maximum atomic E-state index is 13.4. The molecule has 2 atom stereocenters. The number of carbonyl (C=O) groups excluding carboxylic acids is 2. The van der Waals surface area contributed by atoms with Crippen molar-refractivity contribution in [2.45, 2.75) is 32.6 Å². The molecule has 0 radical (unpaired) electrons. The molecule has 0 bridgehead atoms. The van der Waals surface area contributed by atoms with Gasteiger partial charge in [-0.3, -0.25) is 9.59 Å². The van der Waals surface area contributed by atoms with Crippen LogP contribution in [0, 0.1) is 17.7 Å². The van der Waals surface area contributed by atoms with Crippen LogP contribution in [0.25, 0.3) is 0 Å². The Bertz CT molecular complexity index is 533. The van der Waals surface area contributed by atoms with Gasteiger partial charge in [0.2, 0.25) is 11.8 Å². The summed E-state index contributed by atoms with van der Waals surface area (Å²) in [5.41, 5.74) is 0.590. The minimum atomic E-state index is -0.253. The number of nitrogens with one attached hydrogen (secondary N) is 2. The third-order valence-electron chi connectivity index (χ3n) is 3.94. The quantitative estimate of drug-likeness (QED) is 0.722. The normalized spacial score (nSPS) is 19.5. The molecule has 4 nitrogen and oxygen atoms in total.